The van der Waals surface area contributed by atoms with Crippen LogP contribution in [0.15, 0.2) is 9.98 Å². The minimum Gasteiger partial charge on any atom is -0.394 e. The molecule has 1 aliphatic carbocycles. The Balaban J connectivity index is 1.61. The molecule has 0 aromatic carbocycles. The molecular weight excluding hydrogens is 694 g/mol. The van der Waals surface area contributed by atoms with Crippen LogP contribution in [0.3, 0.4) is 0 Å². The van der Waals surface area contributed by atoms with E-state index in [4.69, 9.17) is 51.4 Å². The van der Waals surface area contributed by atoms with Gasteiger partial charge in [0.2, 0.25) is 0 Å². The average molecular weight is 744 g/mol. The molecule has 20 atom stereocenters. The van der Waals surface area contributed by atoms with Crippen LogP contribution in [0, 0.1) is 0 Å². The molecule has 1 saturated carbocycles. The Hall–Kier alpha value is -2.47. The number of nitrogens with one attached hydrogen (secondary N) is 1. The molecule has 0 amide bonds. The van der Waals surface area contributed by atoms with Gasteiger partial charge >= 0.3 is 0 Å². The summed E-state index contributed by atoms with van der Waals surface area (Å²) < 4.78 is 34.6. The SMILES string of the molecule is CN[C@@H]1[C@H](O[C@@H]2[C@H](O[C@@H]3[C@H](O)[C@H](O)[C@H](N=C(N)N)[C@H](O)[C@@H]3N=C(N)N)O[C@H](C)[C@@]2(O)C=O)O[C@H](CO)[C@@H](O[C@H]2O[C@@H](CO)[C@H](O)[C@@H](O)[C@@H]2O)[C@@H]1O. The fourth-order valence-corrected chi connectivity index (χ4v) is 6.57. The molecule has 24 nitrogen and oxygen atoms in total. The van der Waals surface area contributed by atoms with Crippen LogP contribution < -0.4 is 28.3 Å². The number of aliphatic hydroxyl groups excluding tert-OH is 9. The Morgan fingerprint density at radius 3 is 1.82 bits per heavy atom. The van der Waals surface area contributed by atoms with Crippen molar-refractivity contribution in [2.75, 3.05) is 20.3 Å². The van der Waals surface area contributed by atoms with E-state index in [2.05, 4.69) is 15.3 Å². The van der Waals surface area contributed by atoms with Crippen LogP contribution in [-0.2, 0) is 33.2 Å². The van der Waals surface area contributed by atoms with Gasteiger partial charge in [-0.15, -0.1) is 0 Å². The predicted octanol–water partition coefficient (Wildman–Crippen LogP) is -10.3. The summed E-state index contributed by atoms with van der Waals surface area (Å²) in [7, 11) is 1.36. The first kappa shape index (κ1) is 41.3. The number of carbonyl (C=O) groups excluding carboxylic acids is 1. The van der Waals surface area contributed by atoms with Crippen molar-refractivity contribution in [3.8, 4) is 0 Å². The Morgan fingerprint density at radius 2 is 1.27 bits per heavy atom. The zero-order valence-corrected chi connectivity index (χ0v) is 27.5. The van der Waals surface area contributed by atoms with Crippen molar-refractivity contribution in [3.63, 3.8) is 0 Å². The molecule has 0 unspecified atom stereocenters. The molecule has 0 aromatic rings. The maximum Gasteiger partial charge on any atom is 0.188 e. The van der Waals surface area contributed by atoms with Gasteiger partial charge in [-0.25, -0.2) is 9.98 Å². The highest BCUT2D eigenvalue weighted by Crippen LogP contribution is 2.39. The van der Waals surface area contributed by atoms with Gasteiger partial charge in [-0.1, -0.05) is 0 Å². The highest BCUT2D eigenvalue weighted by Gasteiger charge is 2.61. The topological polar surface area (TPSA) is 416 Å². The molecule has 0 bridgehead atoms. The summed E-state index contributed by atoms with van der Waals surface area (Å²) in [6, 6.07) is -4.40. The van der Waals surface area contributed by atoms with Crippen LogP contribution in [0.25, 0.3) is 0 Å². The third-order valence-electron chi connectivity index (χ3n) is 9.45. The Labute approximate surface area is 290 Å². The fraction of sp³-hybridized carbons (Fsp3) is 0.889. The van der Waals surface area contributed by atoms with Gasteiger partial charge in [0.1, 0.15) is 85.3 Å². The van der Waals surface area contributed by atoms with Crippen molar-refractivity contribution in [2.45, 2.75) is 129 Å². The third-order valence-corrected chi connectivity index (χ3v) is 9.45. The number of rotatable bonds is 12. The second-order valence-corrected chi connectivity index (χ2v) is 12.7. The quantitative estimate of drug-likeness (QED) is 0.0501. The van der Waals surface area contributed by atoms with Crippen LogP contribution in [0.1, 0.15) is 6.92 Å². The highest BCUT2D eigenvalue weighted by molar-refractivity contribution is 5.76. The van der Waals surface area contributed by atoms with Crippen LogP contribution >= 0.6 is 0 Å². The fourth-order valence-electron chi connectivity index (χ4n) is 6.57. The Kier molecular flexibility index (Phi) is 13.5. The van der Waals surface area contributed by atoms with Gasteiger partial charge in [0.05, 0.1) is 25.4 Å². The lowest BCUT2D eigenvalue weighted by atomic mass is 9.81. The molecule has 4 rings (SSSR count). The molecule has 3 heterocycles. The number of guanidine groups is 2. The zero-order chi connectivity index (χ0) is 38.1. The summed E-state index contributed by atoms with van der Waals surface area (Å²) in [6.07, 6.45) is -27.0. The van der Waals surface area contributed by atoms with E-state index in [1.54, 1.807) is 0 Å². The van der Waals surface area contributed by atoms with E-state index >= 15 is 0 Å². The summed E-state index contributed by atoms with van der Waals surface area (Å²) >= 11 is 0. The number of nitrogens with two attached hydrogens (primary N) is 4. The van der Waals surface area contributed by atoms with Gasteiger partial charge in [0.25, 0.3) is 0 Å². The molecule has 51 heavy (non-hydrogen) atoms. The molecular formula is C27H49N7O17. The normalized spacial score (nSPS) is 48.9. The van der Waals surface area contributed by atoms with Crippen molar-refractivity contribution in [3.05, 3.63) is 0 Å². The summed E-state index contributed by atoms with van der Waals surface area (Å²) in [5.74, 6) is -1.11. The molecule has 3 aliphatic heterocycles. The lowest BCUT2D eigenvalue weighted by Crippen LogP contribution is -2.68. The van der Waals surface area contributed by atoms with Gasteiger partial charge in [-0.05, 0) is 14.0 Å². The van der Waals surface area contributed by atoms with Gasteiger partial charge in [0.15, 0.2) is 42.7 Å². The minimum atomic E-state index is -2.50. The van der Waals surface area contributed by atoms with E-state index in [0.29, 0.717) is 0 Å². The van der Waals surface area contributed by atoms with Crippen molar-refractivity contribution in [1.29, 1.82) is 0 Å². The van der Waals surface area contributed by atoms with Crippen LogP contribution in [0.4, 0.5) is 0 Å². The second kappa shape index (κ2) is 16.7. The molecule has 24 heteroatoms. The molecule has 4 aliphatic rings. The van der Waals surface area contributed by atoms with Gasteiger partial charge in [0, 0.05) is 0 Å². The predicted molar refractivity (Wildman–Crippen MR) is 166 cm³/mol. The number of aliphatic imine (C=N–C) groups is 2. The van der Waals surface area contributed by atoms with E-state index in [0.717, 1.165) is 0 Å². The first-order valence-corrected chi connectivity index (χ1v) is 15.9. The molecule has 0 aromatic heterocycles. The van der Waals surface area contributed by atoms with Crippen molar-refractivity contribution in [2.24, 2.45) is 32.9 Å². The number of likely N-dealkylation sites (N-methyl/N-ethyl adjacent to an activating group) is 1. The largest absolute Gasteiger partial charge is 0.394 e. The zero-order valence-electron chi connectivity index (χ0n) is 27.5. The summed E-state index contributed by atoms with van der Waals surface area (Å²) in [4.78, 5) is 20.0. The molecule has 0 spiro atoms. The van der Waals surface area contributed by atoms with Crippen LogP contribution in [0.5, 0.6) is 0 Å². The van der Waals surface area contributed by atoms with Crippen LogP contribution in [-0.4, -0.2) is 211 Å². The lowest BCUT2D eigenvalue weighted by molar-refractivity contribution is -0.357. The van der Waals surface area contributed by atoms with Crippen LogP contribution in [0.2, 0.25) is 0 Å². The Morgan fingerprint density at radius 1 is 0.706 bits per heavy atom. The van der Waals surface area contributed by atoms with Gasteiger partial charge in [-0.3, -0.25) is 4.79 Å². The van der Waals surface area contributed by atoms with Gasteiger partial charge < -0.3 is 108 Å². The number of nitrogens with zero attached hydrogens (tertiary/aromatic N) is 2. The third kappa shape index (κ3) is 8.06. The number of carbonyl (C=O) groups is 1. The van der Waals surface area contributed by atoms with Gasteiger partial charge in [-0.2, -0.15) is 0 Å². The van der Waals surface area contributed by atoms with Crippen molar-refractivity contribution in [1.82, 2.24) is 5.32 Å². The maximum atomic E-state index is 12.3. The van der Waals surface area contributed by atoms with E-state index < -0.39 is 147 Å². The standard InChI is InChI=1S/C27H49N7O17/c1-6-27(45,5-37)21(24(46-6)50-20-10(34-26(30)31)13(39)9(33-25(28)29)14(40)17(20)43)51-22-11(32-2)15(41)19(8(4-36)48-22)49-23-18(44)16(42)12(38)7(3-35)47-23/h5-24,32,35-36,38-45H,3-4H2,1-2H3,(H4,28,29,33)(H4,30,31,34)/t6-,7+,8-,9-,10+,11+,12+,13+,14-,15-,16-,17-,18+,19-,20+,21-,22+,23-,24+,27+/m1/s1. The molecule has 3 saturated heterocycles. The second-order valence-electron chi connectivity index (χ2n) is 12.7. The number of aliphatic hydroxyl groups is 10. The minimum absolute atomic E-state index is 0.0944. The number of ether oxygens (including phenoxy) is 6. The summed E-state index contributed by atoms with van der Waals surface area (Å²) in [6.45, 7) is -0.340. The smallest absolute Gasteiger partial charge is 0.188 e. The summed E-state index contributed by atoms with van der Waals surface area (Å²) in [5.41, 5.74) is 19.4. The molecule has 19 N–H and O–H groups in total. The number of hydrogen-bond donors (Lipinski definition) is 15. The average Bonchev–Trinajstić information content (AvgIpc) is 3.32. The molecule has 294 valence electrons. The first-order valence-electron chi connectivity index (χ1n) is 15.9. The van der Waals surface area contributed by atoms with E-state index in [1.807, 2.05) is 0 Å². The lowest BCUT2D eigenvalue weighted by Gasteiger charge is -2.48. The monoisotopic (exact) mass is 743 g/mol. The first-order chi connectivity index (χ1) is 23.9. The molecule has 0 radical (unpaired) electrons. The summed E-state index contributed by atoms with van der Waals surface area (Å²) in [5, 5.41) is 109. The Bertz CT molecular complexity index is 1230. The number of hydrogen-bond acceptors (Lipinski definition) is 20. The van der Waals surface area contributed by atoms with E-state index in [9.17, 15) is 55.9 Å². The maximum absolute atomic E-state index is 12.3. The van der Waals surface area contributed by atoms with E-state index in [1.165, 1.54) is 14.0 Å². The van der Waals surface area contributed by atoms with Crippen molar-refractivity contribution < 1.29 is 84.3 Å². The van der Waals surface area contributed by atoms with E-state index in [-0.39, 0.29) is 6.29 Å². The molecule has 4 fully saturated rings. The highest BCUT2D eigenvalue weighted by atomic mass is 16.8. The number of aldehydes is 1. The van der Waals surface area contributed by atoms with Crippen molar-refractivity contribution >= 4 is 18.2 Å².